The summed E-state index contributed by atoms with van der Waals surface area (Å²) < 4.78 is 24.3. The summed E-state index contributed by atoms with van der Waals surface area (Å²) in [6.45, 7) is 0.657. The van der Waals surface area contributed by atoms with Crippen LogP contribution < -0.4 is 9.47 Å². The minimum absolute atomic E-state index is 0.154. The van der Waals surface area contributed by atoms with Gasteiger partial charge in [-0.1, -0.05) is 35.9 Å². The first-order chi connectivity index (χ1) is 16.0. The van der Waals surface area contributed by atoms with Crippen molar-refractivity contribution in [2.75, 3.05) is 13.2 Å². The molecule has 168 valence electrons. The first-order valence-electron chi connectivity index (χ1n) is 10.1. The monoisotopic (exact) mass is 483 g/mol. The Bertz CT molecular complexity index is 1160. The van der Waals surface area contributed by atoms with Crippen molar-refractivity contribution in [3.05, 3.63) is 99.7 Å². The van der Waals surface area contributed by atoms with E-state index in [-0.39, 0.29) is 30.1 Å². The third-order valence-corrected chi connectivity index (χ3v) is 5.93. The molecule has 1 heterocycles. The van der Waals surface area contributed by atoms with Crippen LogP contribution in [-0.2, 0) is 11.4 Å². The molecule has 0 bridgehead atoms. The highest BCUT2D eigenvalue weighted by Gasteiger charge is 2.34. The van der Waals surface area contributed by atoms with E-state index < -0.39 is 0 Å². The predicted octanol–water partition coefficient (Wildman–Crippen LogP) is 6.17. The topological polar surface area (TPSA) is 55.8 Å². The van der Waals surface area contributed by atoms with Gasteiger partial charge in [0.15, 0.2) is 0 Å². The second-order valence-electron chi connectivity index (χ2n) is 7.12. The zero-order valence-corrected chi connectivity index (χ0v) is 18.9. The van der Waals surface area contributed by atoms with Gasteiger partial charge in [0.25, 0.3) is 11.1 Å². The zero-order valence-electron chi connectivity index (χ0n) is 17.4. The highest BCUT2D eigenvalue weighted by atomic mass is 35.5. The molecule has 2 amide bonds. The maximum absolute atomic E-state index is 13.0. The lowest BCUT2D eigenvalue weighted by molar-refractivity contribution is -0.123. The lowest BCUT2D eigenvalue weighted by Crippen LogP contribution is -2.32. The average molecular weight is 484 g/mol. The molecule has 5 nitrogen and oxygen atoms in total. The molecule has 1 aliphatic rings. The molecule has 33 heavy (non-hydrogen) atoms. The number of imide groups is 1. The maximum Gasteiger partial charge on any atom is 0.293 e. The van der Waals surface area contributed by atoms with Crippen LogP contribution in [0.4, 0.5) is 9.18 Å². The molecule has 3 aromatic rings. The van der Waals surface area contributed by atoms with E-state index in [1.165, 1.54) is 17.0 Å². The molecular formula is C25H19ClFNO4S. The SMILES string of the molecule is O=C1S/C(=C\c2ccc(OCc3ccc(F)cc3)cc2)C(=O)N1CCOc1ccc(Cl)cc1. The van der Waals surface area contributed by atoms with Gasteiger partial charge in [0.2, 0.25) is 0 Å². The number of nitrogens with zero attached hydrogens (tertiary/aromatic N) is 1. The Kier molecular flexibility index (Phi) is 7.32. The second-order valence-corrected chi connectivity index (χ2v) is 8.55. The molecule has 0 atom stereocenters. The molecule has 0 N–H and O–H groups in total. The summed E-state index contributed by atoms with van der Waals surface area (Å²) >= 11 is 6.75. The van der Waals surface area contributed by atoms with Gasteiger partial charge < -0.3 is 9.47 Å². The van der Waals surface area contributed by atoms with E-state index in [1.54, 1.807) is 66.7 Å². The number of benzene rings is 3. The normalized spacial score (nSPS) is 14.7. The Hall–Kier alpha value is -3.29. The van der Waals surface area contributed by atoms with Crippen molar-refractivity contribution < 1.29 is 23.5 Å². The number of carbonyl (C=O) groups is 2. The highest BCUT2D eigenvalue weighted by Crippen LogP contribution is 2.32. The molecule has 0 spiro atoms. The van der Waals surface area contributed by atoms with Gasteiger partial charge >= 0.3 is 0 Å². The molecule has 0 aliphatic carbocycles. The summed E-state index contributed by atoms with van der Waals surface area (Å²) in [5.74, 6) is 0.621. The van der Waals surface area contributed by atoms with Crippen LogP contribution >= 0.6 is 23.4 Å². The highest BCUT2D eigenvalue weighted by molar-refractivity contribution is 8.18. The molecule has 1 saturated heterocycles. The molecule has 0 unspecified atom stereocenters. The Morgan fingerprint density at radius 1 is 0.879 bits per heavy atom. The number of halogens is 2. The van der Waals surface area contributed by atoms with Gasteiger partial charge in [-0.05, 0) is 77.5 Å². The Morgan fingerprint density at radius 3 is 2.21 bits per heavy atom. The van der Waals surface area contributed by atoms with E-state index in [1.807, 2.05) is 0 Å². The first-order valence-corrected chi connectivity index (χ1v) is 11.3. The van der Waals surface area contributed by atoms with E-state index in [0.717, 1.165) is 22.9 Å². The third kappa shape index (κ3) is 6.15. The molecule has 4 rings (SSSR count). The average Bonchev–Trinajstić information content (AvgIpc) is 3.08. The van der Waals surface area contributed by atoms with E-state index in [0.29, 0.717) is 28.0 Å². The summed E-state index contributed by atoms with van der Waals surface area (Å²) in [7, 11) is 0. The van der Waals surface area contributed by atoms with Crippen LogP contribution in [-0.4, -0.2) is 29.2 Å². The largest absolute Gasteiger partial charge is 0.492 e. The number of hydrogen-bond donors (Lipinski definition) is 0. The van der Waals surface area contributed by atoms with Crippen molar-refractivity contribution in [3.63, 3.8) is 0 Å². The van der Waals surface area contributed by atoms with Gasteiger partial charge in [-0.15, -0.1) is 0 Å². The second kappa shape index (κ2) is 10.6. The van der Waals surface area contributed by atoms with Crippen LogP contribution in [0.3, 0.4) is 0 Å². The van der Waals surface area contributed by atoms with Crippen LogP contribution in [0.1, 0.15) is 11.1 Å². The molecular weight excluding hydrogens is 465 g/mol. The minimum atomic E-state index is -0.346. The fourth-order valence-corrected chi connectivity index (χ4v) is 4.03. The summed E-state index contributed by atoms with van der Waals surface area (Å²) in [6.07, 6.45) is 1.68. The van der Waals surface area contributed by atoms with Crippen LogP contribution in [0.2, 0.25) is 5.02 Å². The number of amides is 2. The summed E-state index contributed by atoms with van der Waals surface area (Å²) in [6, 6.07) is 20.1. The molecule has 1 aliphatic heterocycles. The molecule has 0 saturated carbocycles. The lowest BCUT2D eigenvalue weighted by Gasteiger charge is -2.13. The van der Waals surface area contributed by atoms with Crippen molar-refractivity contribution in [3.8, 4) is 11.5 Å². The van der Waals surface area contributed by atoms with E-state index >= 15 is 0 Å². The van der Waals surface area contributed by atoms with E-state index in [9.17, 15) is 14.0 Å². The number of rotatable bonds is 8. The quantitative estimate of drug-likeness (QED) is 0.358. The van der Waals surface area contributed by atoms with Crippen molar-refractivity contribution >= 4 is 40.6 Å². The van der Waals surface area contributed by atoms with Crippen LogP contribution in [0, 0.1) is 5.82 Å². The fourth-order valence-electron chi connectivity index (χ4n) is 3.04. The first kappa shape index (κ1) is 22.9. The molecule has 1 fully saturated rings. The molecule has 0 radical (unpaired) electrons. The van der Waals surface area contributed by atoms with Crippen molar-refractivity contribution in [2.24, 2.45) is 0 Å². The molecule has 0 aromatic heterocycles. The van der Waals surface area contributed by atoms with Crippen molar-refractivity contribution in [2.45, 2.75) is 6.61 Å². The Balaban J connectivity index is 1.31. The van der Waals surface area contributed by atoms with Gasteiger partial charge in [0.05, 0.1) is 11.4 Å². The summed E-state index contributed by atoms with van der Waals surface area (Å²) in [5.41, 5.74) is 1.63. The van der Waals surface area contributed by atoms with Gasteiger partial charge in [0.1, 0.15) is 30.5 Å². The molecule has 8 heteroatoms. The predicted molar refractivity (Wildman–Crippen MR) is 127 cm³/mol. The fraction of sp³-hybridized carbons (Fsp3) is 0.120. The van der Waals surface area contributed by atoms with Crippen LogP contribution in [0.15, 0.2) is 77.7 Å². The lowest BCUT2D eigenvalue weighted by atomic mass is 10.2. The summed E-state index contributed by atoms with van der Waals surface area (Å²) in [4.78, 5) is 26.5. The summed E-state index contributed by atoms with van der Waals surface area (Å²) in [5, 5.41) is 0.274. The zero-order chi connectivity index (χ0) is 23.2. The number of ether oxygens (including phenoxy) is 2. The number of carbonyl (C=O) groups excluding carboxylic acids is 2. The van der Waals surface area contributed by atoms with E-state index in [2.05, 4.69) is 0 Å². The minimum Gasteiger partial charge on any atom is -0.492 e. The van der Waals surface area contributed by atoms with Crippen molar-refractivity contribution in [1.29, 1.82) is 0 Å². The Morgan fingerprint density at radius 2 is 1.52 bits per heavy atom. The van der Waals surface area contributed by atoms with Gasteiger partial charge in [-0.2, -0.15) is 0 Å². The standard InChI is InChI=1S/C25H19ClFNO4S/c26-19-5-11-21(12-6-19)31-14-13-28-24(29)23(33-25(28)30)15-17-3-9-22(10-4-17)32-16-18-1-7-20(27)8-2-18/h1-12,15H,13-14,16H2/b23-15-. The van der Waals surface area contributed by atoms with Gasteiger partial charge in [-0.25, -0.2) is 4.39 Å². The smallest absolute Gasteiger partial charge is 0.293 e. The maximum atomic E-state index is 13.0. The van der Waals surface area contributed by atoms with Crippen LogP contribution in [0.5, 0.6) is 11.5 Å². The molecule has 3 aromatic carbocycles. The van der Waals surface area contributed by atoms with Gasteiger partial charge in [0, 0.05) is 5.02 Å². The van der Waals surface area contributed by atoms with Crippen molar-refractivity contribution in [1.82, 2.24) is 4.90 Å². The third-order valence-electron chi connectivity index (χ3n) is 4.77. The number of thioether (sulfide) groups is 1. The van der Waals surface area contributed by atoms with E-state index in [4.69, 9.17) is 21.1 Å². The Labute approximate surface area is 199 Å². The van der Waals surface area contributed by atoms with Gasteiger partial charge in [-0.3, -0.25) is 14.5 Å². The number of hydrogen-bond acceptors (Lipinski definition) is 5. The van der Waals surface area contributed by atoms with Crippen LogP contribution in [0.25, 0.3) is 6.08 Å².